The molecular formula is C17H11N3O5. The zero-order chi connectivity index (χ0) is 18.4. The van der Waals surface area contributed by atoms with Crippen LogP contribution < -0.4 is 5.32 Å². The third-order valence-electron chi connectivity index (χ3n) is 3.12. The van der Waals surface area contributed by atoms with E-state index in [1.54, 1.807) is 6.07 Å². The van der Waals surface area contributed by atoms with Crippen LogP contribution in [0.15, 0.2) is 54.1 Å². The second-order valence-electron chi connectivity index (χ2n) is 4.86. The number of carbonyl (C=O) groups excluding carboxylic acids is 1. The van der Waals surface area contributed by atoms with E-state index in [1.807, 2.05) is 0 Å². The van der Waals surface area contributed by atoms with E-state index in [1.165, 1.54) is 54.6 Å². The third-order valence-corrected chi connectivity index (χ3v) is 3.12. The molecular weight excluding hydrogens is 326 g/mol. The molecule has 2 N–H and O–H groups in total. The van der Waals surface area contributed by atoms with Crippen molar-refractivity contribution in [3.63, 3.8) is 0 Å². The van der Waals surface area contributed by atoms with Crippen molar-refractivity contribution in [1.29, 1.82) is 5.26 Å². The minimum atomic E-state index is -1.15. The molecule has 0 aliphatic rings. The number of benzene rings is 2. The molecule has 0 saturated heterocycles. The Labute approximate surface area is 141 Å². The van der Waals surface area contributed by atoms with E-state index in [4.69, 9.17) is 10.4 Å². The Bertz CT molecular complexity index is 928. The van der Waals surface area contributed by atoms with Crippen molar-refractivity contribution in [3.8, 4) is 6.07 Å². The van der Waals surface area contributed by atoms with E-state index in [0.717, 1.165) is 0 Å². The van der Waals surface area contributed by atoms with Gasteiger partial charge in [-0.05, 0) is 29.8 Å². The second kappa shape index (κ2) is 7.52. The van der Waals surface area contributed by atoms with E-state index >= 15 is 0 Å². The maximum atomic E-state index is 12.2. The highest BCUT2D eigenvalue weighted by molar-refractivity contribution is 6.10. The highest BCUT2D eigenvalue weighted by atomic mass is 16.6. The van der Waals surface area contributed by atoms with Crippen molar-refractivity contribution >= 4 is 29.3 Å². The third kappa shape index (κ3) is 4.49. The summed E-state index contributed by atoms with van der Waals surface area (Å²) in [5.41, 5.74) is 0.0751. The standard InChI is InChI=1S/C17H11N3O5/c18-10-13(7-11-3-1-6-15(8-11)20(24)25)16(21)19-14-5-2-4-12(9-14)17(22)23/h1-9H,(H,19,21)(H,22,23)/b13-7-. The highest BCUT2D eigenvalue weighted by Crippen LogP contribution is 2.17. The van der Waals surface area contributed by atoms with Crippen LogP contribution >= 0.6 is 0 Å². The molecule has 0 aliphatic heterocycles. The van der Waals surface area contributed by atoms with Crippen LogP contribution in [0.25, 0.3) is 6.08 Å². The number of nitro benzene ring substituents is 1. The Morgan fingerprint density at radius 2 is 1.92 bits per heavy atom. The van der Waals surface area contributed by atoms with Gasteiger partial charge in [0.15, 0.2) is 0 Å². The van der Waals surface area contributed by atoms with Gasteiger partial charge in [-0.3, -0.25) is 14.9 Å². The average molecular weight is 337 g/mol. The van der Waals surface area contributed by atoms with Crippen LogP contribution in [0.5, 0.6) is 0 Å². The SMILES string of the molecule is N#C/C(=C/c1cccc([N+](=O)[O-])c1)C(=O)Nc1cccc(C(=O)O)c1. The smallest absolute Gasteiger partial charge is 0.335 e. The van der Waals surface area contributed by atoms with Gasteiger partial charge in [-0.1, -0.05) is 18.2 Å². The molecule has 0 heterocycles. The molecule has 0 bridgehead atoms. The number of rotatable bonds is 5. The Morgan fingerprint density at radius 1 is 1.20 bits per heavy atom. The van der Waals surface area contributed by atoms with Crippen molar-refractivity contribution < 1.29 is 19.6 Å². The summed E-state index contributed by atoms with van der Waals surface area (Å²) in [7, 11) is 0. The van der Waals surface area contributed by atoms with Crippen molar-refractivity contribution in [2.45, 2.75) is 0 Å². The van der Waals surface area contributed by atoms with Gasteiger partial charge in [-0.15, -0.1) is 0 Å². The molecule has 8 nitrogen and oxygen atoms in total. The Morgan fingerprint density at radius 3 is 2.56 bits per heavy atom. The van der Waals surface area contributed by atoms with Gasteiger partial charge in [0.2, 0.25) is 0 Å². The lowest BCUT2D eigenvalue weighted by Gasteiger charge is -2.05. The van der Waals surface area contributed by atoms with Crippen molar-refractivity contribution in [3.05, 3.63) is 75.3 Å². The molecule has 0 saturated carbocycles. The largest absolute Gasteiger partial charge is 0.478 e. The van der Waals surface area contributed by atoms with Gasteiger partial charge >= 0.3 is 5.97 Å². The van der Waals surface area contributed by atoms with Gasteiger partial charge in [0.05, 0.1) is 10.5 Å². The zero-order valence-electron chi connectivity index (χ0n) is 12.7. The maximum absolute atomic E-state index is 12.2. The molecule has 0 aliphatic carbocycles. The minimum absolute atomic E-state index is 0.0148. The van der Waals surface area contributed by atoms with E-state index in [-0.39, 0.29) is 22.5 Å². The van der Waals surface area contributed by atoms with E-state index in [9.17, 15) is 19.7 Å². The molecule has 2 aromatic carbocycles. The number of carboxylic acid groups (broad SMARTS) is 1. The lowest BCUT2D eigenvalue weighted by molar-refractivity contribution is -0.384. The van der Waals surface area contributed by atoms with Gasteiger partial charge in [0, 0.05) is 17.8 Å². The van der Waals surface area contributed by atoms with Crippen LogP contribution in [0.2, 0.25) is 0 Å². The molecule has 0 fully saturated rings. The molecule has 25 heavy (non-hydrogen) atoms. The van der Waals surface area contributed by atoms with Gasteiger partial charge in [0.1, 0.15) is 11.6 Å². The minimum Gasteiger partial charge on any atom is -0.478 e. The number of carboxylic acids is 1. The van der Waals surface area contributed by atoms with Gasteiger partial charge < -0.3 is 10.4 Å². The Hall–Kier alpha value is -3.99. The first-order valence-electron chi connectivity index (χ1n) is 6.91. The number of nitrogens with one attached hydrogen (secondary N) is 1. The molecule has 0 aromatic heterocycles. The van der Waals surface area contributed by atoms with E-state index < -0.39 is 16.8 Å². The second-order valence-corrected chi connectivity index (χ2v) is 4.86. The predicted molar refractivity (Wildman–Crippen MR) is 88.7 cm³/mol. The molecule has 0 unspecified atom stereocenters. The fourth-order valence-corrected chi connectivity index (χ4v) is 1.97. The average Bonchev–Trinajstić information content (AvgIpc) is 2.60. The number of carbonyl (C=O) groups is 2. The van der Waals surface area contributed by atoms with Crippen LogP contribution in [-0.2, 0) is 4.79 Å². The summed E-state index contributed by atoms with van der Waals surface area (Å²) in [6.07, 6.45) is 1.21. The van der Waals surface area contributed by atoms with Crippen LogP contribution in [-0.4, -0.2) is 21.9 Å². The van der Waals surface area contributed by atoms with Crippen LogP contribution in [0.4, 0.5) is 11.4 Å². The van der Waals surface area contributed by atoms with Crippen molar-refractivity contribution in [1.82, 2.24) is 0 Å². The van der Waals surface area contributed by atoms with Crippen molar-refractivity contribution in [2.75, 3.05) is 5.32 Å². The number of nitro groups is 1. The number of aromatic carboxylic acids is 1. The number of hydrogen-bond donors (Lipinski definition) is 2. The molecule has 1 amide bonds. The first-order valence-corrected chi connectivity index (χ1v) is 6.91. The van der Waals surface area contributed by atoms with Crippen LogP contribution in [0.3, 0.4) is 0 Å². The Kier molecular flexibility index (Phi) is 5.22. The monoisotopic (exact) mass is 337 g/mol. The molecule has 0 atom stereocenters. The predicted octanol–water partition coefficient (Wildman–Crippen LogP) is 2.84. The molecule has 2 rings (SSSR count). The molecule has 0 spiro atoms. The summed E-state index contributed by atoms with van der Waals surface area (Å²) in [5, 5.41) is 31.3. The number of hydrogen-bond acceptors (Lipinski definition) is 5. The van der Waals surface area contributed by atoms with Crippen LogP contribution in [0, 0.1) is 21.4 Å². The normalized spacial score (nSPS) is 10.6. The summed E-state index contributed by atoms with van der Waals surface area (Å²) < 4.78 is 0. The first kappa shape index (κ1) is 17.4. The number of non-ortho nitro benzene ring substituents is 1. The molecule has 124 valence electrons. The topological polar surface area (TPSA) is 133 Å². The number of anilines is 1. The lowest BCUT2D eigenvalue weighted by atomic mass is 10.1. The van der Waals surface area contributed by atoms with Crippen LogP contribution in [0.1, 0.15) is 15.9 Å². The summed E-state index contributed by atoms with van der Waals surface area (Å²) in [6, 6.07) is 12.7. The molecule has 8 heteroatoms. The first-order chi connectivity index (χ1) is 11.9. The fraction of sp³-hybridized carbons (Fsp3) is 0. The number of nitrogens with zero attached hydrogens (tertiary/aromatic N) is 2. The number of amides is 1. The maximum Gasteiger partial charge on any atom is 0.335 e. The highest BCUT2D eigenvalue weighted by Gasteiger charge is 2.12. The molecule has 2 aromatic rings. The van der Waals surface area contributed by atoms with Gasteiger partial charge in [-0.2, -0.15) is 5.26 Å². The Balaban J connectivity index is 2.25. The molecule has 0 radical (unpaired) electrons. The van der Waals surface area contributed by atoms with E-state index in [2.05, 4.69) is 5.32 Å². The summed E-state index contributed by atoms with van der Waals surface area (Å²) in [5.74, 6) is -1.90. The summed E-state index contributed by atoms with van der Waals surface area (Å²) in [6.45, 7) is 0. The van der Waals surface area contributed by atoms with Gasteiger partial charge in [-0.25, -0.2) is 4.79 Å². The number of nitriles is 1. The summed E-state index contributed by atoms with van der Waals surface area (Å²) in [4.78, 5) is 33.3. The summed E-state index contributed by atoms with van der Waals surface area (Å²) >= 11 is 0. The van der Waals surface area contributed by atoms with Crippen molar-refractivity contribution in [2.24, 2.45) is 0 Å². The fourth-order valence-electron chi connectivity index (χ4n) is 1.97. The zero-order valence-corrected chi connectivity index (χ0v) is 12.7. The lowest BCUT2D eigenvalue weighted by Crippen LogP contribution is -2.13. The van der Waals surface area contributed by atoms with E-state index in [0.29, 0.717) is 5.56 Å². The quantitative estimate of drug-likeness (QED) is 0.373. The van der Waals surface area contributed by atoms with Gasteiger partial charge in [0.25, 0.3) is 11.6 Å².